The molecule has 1 saturated heterocycles. The highest BCUT2D eigenvalue weighted by atomic mass is 15.1. The molecular formula is C16H34N2. The zero-order valence-corrected chi connectivity index (χ0v) is 13.3. The van der Waals surface area contributed by atoms with Crippen LogP contribution in [0.1, 0.15) is 60.3 Å². The molecule has 2 heteroatoms. The number of rotatable bonds is 6. The molecule has 2 nitrogen and oxygen atoms in total. The highest BCUT2D eigenvalue weighted by molar-refractivity contribution is 4.81. The van der Waals surface area contributed by atoms with E-state index in [4.69, 9.17) is 0 Å². The molecule has 0 aromatic rings. The molecule has 0 radical (unpaired) electrons. The van der Waals surface area contributed by atoms with Crippen molar-refractivity contribution < 1.29 is 0 Å². The molecule has 0 aromatic heterocycles. The van der Waals surface area contributed by atoms with Crippen LogP contribution in [0.5, 0.6) is 0 Å². The van der Waals surface area contributed by atoms with Crippen LogP contribution in [0.15, 0.2) is 0 Å². The Morgan fingerprint density at radius 3 is 2.11 bits per heavy atom. The van der Waals surface area contributed by atoms with Gasteiger partial charge in [-0.2, -0.15) is 0 Å². The lowest BCUT2D eigenvalue weighted by Crippen LogP contribution is -2.42. The first kappa shape index (κ1) is 16.0. The molecule has 0 aromatic carbocycles. The average molecular weight is 254 g/mol. The van der Waals surface area contributed by atoms with Crippen molar-refractivity contribution in [2.24, 2.45) is 11.3 Å². The fraction of sp³-hybridized carbons (Fsp3) is 1.00. The average Bonchev–Trinajstić information content (AvgIpc) is 2.34. The van der Waals surface area contributed by atoms with Gasteiger partial charge in [-0.1, -0.05) is 34.6 Å². The summed E-state index contributed by atoms with van der Waals surface area (Å²) in [4.78, 5) is 2.64. The number of hydrogen-bond acceptors (Lipinski definition) is 2. The number of piperidine rings is 1. The van der Waals surface area contributed by atoms with Crippen molar-refractivity contribution in [2.45, 2.75) is 66.3 Å². The normalized spacial score (nSPS) is 19.7. The summed E-state index contributed by atoms with van der Waals surface area (Å²) < 4.78 is 0. The van der Waals surface area contributed by atoms with E-state index in [1.165, 1.54) is 45.3 Å². The van der Waals surface area contributed by atoms with Crippen LogP contribution in [0.25, 0.3) is 0 Å². The molecular weight excluding hydrogens is 220 g/mol. The van der Waals surface area contributed by atoms with E-state index >= 15 is 0 Å². The van der Waals surface area contributed by atoms with E-state index in [1.54, 1.807) is 0 Å². The van der Waals surface area contributed by atoms with Gasteiger partial charge in [-0.3, -0.25) is 0 Å². The van der Waals surface area contributed by atoms with Gasteiger partial charge in [-0.05, 0) is 50.1 Å². The maximum absolute atomic E-state index is 3.67. The minimum Gasteiger partial charge on any atom is -0.313 e. The zero-order valence-electron chi connectivity index (χ0n) is 13.3. The van der Waals surface area contributed by atoms with Crippen LogP contribution in [0.2, 0.25) is 0 Å². The minimum atomic E-state index is 0.500. The maximum Gasteiger partial charge on any atom is 0.0107 e. The second-order valence-corrected chi connectivity index (χ2v) is 6.95. The molecule has 1 heterocycles. The van der Waals surface area contributed by atoms with Gasteiger partial charge in [0.05, 0.1) is 0 Å². The quantitative estimate of drug-likeness (QED) is 0.780. The highest BCUT2D eigenvalue weighted by Gasteiger charge is 2.28. The standard InChI is InChI=1S/C16H34N2/c1-6-15(7-2)17-10-13-18-11-8-14(9-12-18)16(3,4)5/h14-15,17H,6-13H2,1-5H3. The van der Waals surface area contributed by atoms with Crippen molar-refractivity contribution >= 4 is 0 Å². The van der Waals surface area contributed by atoms with Gasteiger partial charge < -0.3 is 10.2 Å². The van der Waals surface area contributed by atoms with Gasteiger partial charge in [0.25, 0.3) is 0 Å². The second-order valence-electron chi connectivity index (χ2n) is 6.95. The van der Waals surface area contributed by atoms with E-state index in [1.807, 2.05) is 0 Å². The van der Waals surface area contributed by atoms with E-state index in [0.29, 0.717) is 5.41 Å². The smallest absolute Gasteiger partial charge is 0.0107 e. The second kappa shape index (κ2) is 7.49. The number of nitrogens with one attached hydrogen (secondary N) is 1. The van der Waals surface area contributed by atoms with Crippen molar-refractivity contribution in [2.75, 3.05) is 26.2 Å². The molecule has 0 atom stereocenters. The molecule has 0 amide bonds. The van der Waals surface area contributed by atoms with Crippen molar-refractivity contribution in [1.82, 2.24) is 10.2 Å². The summed E-state index contributed by atoms with van der Waals surface area (Å²) in [5.74, 6) is 0.917. The molecule has 0 aliphatic carbocycles. The SMILES string of the molecule is CCC(CC)NCCN1CCC(C(C)(C)C)CC1. The fourth-order valence-corrected chi connectivity index (χ4v) is 3.03. The third kappa shape index (κ3) is 5.27. The zero-order chi connectivity index (χ0) is 13.6. The molecule has 0 saturated carbocycles. The molecule has 1 fully saturated rings. The molecule has 1 aliphatic heterocycles. The summed E-state index contributed by atoms with van der Waals surface area (Å²) in [6, 6.07) is 0.720. The maximum atomic E-state index is 3.67. The van der Waals surface area contributed by atoms with E-state index in [2.05, 4.69) is 44.8 Å². The molecule has 1 rings (SSSR count). The van der Waals surface area contributed by atoms with Crippen molar-refractivity contribution in [3.63, 3.8) is 0 Å². The summed E-state index contributed by atoms with van der Waals surface area (Å²) in [5, 5.41) is 3.67. The first-order valence-corrected chi connectivity index (χ1v) is 7.93. The lowest BCUT2D eigenvalue weighted by molar-refractivity contribution is 0.112. The summed E-state index contributed by atoms with van der Waals surface area (Å²) >= 11 is 0. The van der Waals surface area contributed by atoms with Gasteiger partial charge in [0, 0.05) is 19.1 Å². The van der Waals surface area contributed by atoms with E-state index in [-0.39, 0.29) is 0 Å². The van der Waals surface area contributed by atoms with E-state index < -0.39 is 0 Å². The van der Waals surface area contributed by atoms with Gasteiger partial charge in [0.1, 0.15) is 0 Å². The summed E-state index contributed by atoms with van der Waals surface area (Å²) in [6.07, 6.45) is 5.27. The Bertz CT molecular complexity index is 208. The van der Waals surface area contributed by atoms with Crippen LogP contribution in [0.4, 0.5) is 0 Å². The number of likely N-dealkylation sites (tertiary alicyclic amines) is 1. The largest absolute Gasteiger partial charge is 0.313 e. The van der Waals surface area contributed by atoms with Gasteiger partial charge in [0.15, 0.2) is 0 Å². The Labute approximate surface area is 115 Å². The molecule has 18 heavy (non-hydrogen) atoms. The molecule has 1 N–H and O–H groups in total. The monoisotopic (exact) mass is 254 g/mol. The number of nitrogens with zero attached hydrogens (tertiary/aromatic N) is 1. The van der Waals surface area contributed by atoms with Crippen LogP contribution >= 0.6 is 0 Å². The lowest BCUT2D eigenvalue weighted by atomic mass is 9.75. The van der Waals surface area contributed by atoms with Crippen LogP contribution in [0, 0.1) is 11.3 Å². The van der Waals surface area contributed by atoms with Crippen LogP contribution in [-0.4, -0.2) is 37.1 Å². The first-order valence-electron chi connectivity index (χ1n) is 7.93. The third-order valence-electron chi connectivity index (χ3n) is 4.66. The Morgan fingerprint density at radius 1 is 1.11 bits per heavy atom. The topological polar surface area (TPSA) is 15.3 Å². The predicted molar refractivity (Wildman–Crippen MR) is 81.0 cm³/mol. The minimum absolute atomic E-state index is 0.500. The van der Waals surface area contributed by atoms with Crippen molar-refractivity contribution in [3.8, 4) is 0 Å². The molecule has 0 spiro atoms. The molecule has 0 bridgehead atoms. The van der Waals surface area contributed by atoms with E-state index in [9.17, 15) is 0 Å². The fourth-order valence-electron chi connectivity index (χ4n) is 3.03. The Kier molecular flexibility index (Phi) is 6.65. The summed E-state index contributed by atoms with van der Waals surface area (Å²) in [7, 11) is 0. The first-order chi connectivity index (χ1) is 8.47. The summed E-state index contributed by atoms with van der Waals surface area (Å²) in [6.45, 7) is 16.7. The van der Waals surface area contributed by atoms with Crippen molar-refractivity contribution in [3.05, 3.63) is 0 Å². The Balaban J connectivity index is 2.16. The van der Waals surface area contributed by atoms with Crippen LogP contribution in [-0.2, 0) is 0 Å². The lowest BCUT2D eigenvalue weighted by Gasteiger charge is -2.39. The Morgan fingerprint density at radius 2 is 1.67 bits per heavy atom. The molecule has 0 unspecified atom stereocenters. The van der Waals surface area contributed by atoms with Gasteiger partial charge in [0.2, 0.25) is 0 Å². The van der Waals surface area contributed by atoms with E-state index in [0.717, 1.165) is 18.5 Å². The molecule has 1 aliphatic rings. The third-order valence-corrected chi connectivity index (χ3v) is 4.66. The van der Waals surface area contributed by atoms with Gasteiger partial charge in [-0.25, -0.2) is 0 Å². The number of hydrogen-bond donors (Lipinski definition) is 1. The van der Waals surface area contributed by atoms with Gasteiger partial charge >= 0.3 is 0 Å². The predicted octanol–water partition coefficient (Wildman–Crippen LogP) is 3.52. The molecule has 108 valence electrons. The Hall–Kier alpha value is -0.0800. The van der Waals surface area contributed by atoms with Crippen LogP contribution in [0.3, 0.4) is 0 Å². The van der Waals surface area contributed by atoms with Crippen LogP contribution < -0.4 is 5.32 Å². The highest BCUT2D eigenvalue weighted by Crippen LogP contribution is 2.33. The van der Waals surface area contributed by atoms with Gasteiger partial charge in [-0.15, -0.1) is 0 Å². The van der Waals surface area contributed by atoms with Crippen molar-refractivity contribution in [1.29, 1.82) is 0 Å². The summed E-state index contributed by atoms with van der Waals surface area (Å²) in [5.41, 5.74) is 0.500.